The minimum absolute atomic E-state index is 0.0879. The number of fused-ring (bicyclic) bond motifs is 1. The van der Waals surface area contributed by atoms with E-state index < -0.39 is 11.7 Å². The van der Waals surface area contributed by atoms with Crippen LogP contribution in [0.15, 0.2) is 54.7 Å². The van der Waals surface area contributed by atoms with Crippen LogP contribution < -0.4 is 15.0 Å². The SMILES string of the molecule is CN(C=O)c1cc(Oc2ccc3c(c2)nc(Nc2cc(C(F)(F)F)ccc2Cl)n3C)ccn1. The minimum atomic E-state index is -4.49. The first-order chi connectivity index (χ1) is 15.7. The highest BCUT2D eigenvalue weighted by atomic mass is 35.5. The standard InChI is InChI=1S/C22H17ClF3N5O2/c1-30(12-32)20-11-15(7-8-27-20)33-14-4-6-19-18(10-14)29-21(31(19)2)28-17-9-13(22(24,25)26)3-5-16(17)23/h3-12H,1-2H3,(H,28,29). The van der Waals surface area contributed by atoms with Gasteiger partial charge in [-0.05, 0) is 36.4 Å². The first-order valence-corrected chi connectivity index (χ1v) is 9.96. The molecule has 0 fully saturated rings. The molecule has 0 aliphatic rings. The molecule has 0 radical (unpaired) electrons. The molecule has 0 unspecified atom stereocenters. The number of hydrogen-bond acceptors (Lipinski definition) is 5. The zero-order valence-corrected chi connectivity index (χ0v) is 18.1. The van der Waals surface area contributed by atoms with E-state index in [0.29, 0.717) is 35.2 Å². The Labute approximate surface area is 191 Å². The molecule has 4 rings (SSSR count). The number of pyridine rings is 1. The van der Waals surface area contributed by atoms with Crippen molar-refractivity contribution in [2.24, 2.45) is 7.05 Å². The number of carbonyl (C=O) groups excluding carboxylic acids is 1. The van der Waals surface area contributed by atoms with Crippen LogP contribution in [0.2, 0.25) is 5.02 Å². The number of hydrogen-bond donors (Lipinski definition) is 1. The van der Waals surface area contributed by atoms with Gasteiger partial charge in [-0.3, -0.25) is 4.79 Å². The van der Waals surface area contributed by atoms with E-state index >= 15 is 0 Å². The Hall–Kier alpha value is -3.79. The van der Waals surface area contributed by atoms with E-state index in [1.165, 1.54) is 17.2 Å². The molecule has 2 aromatic carbocycles. The van der Waals surface area contributed by atoms with Crippen LogP contribution in [0.3, 0.4) is 0 Å². The minimum Gasteiger partial charge on any atom is -0.457 e. The van der Waals surface area contributed by atoms with Crippen molar-refractivity contribution in [3.8, 4) is 11.5 Å². The molecule has 0 spiro atoms. The Morgan fingerprint density at radius 1 is 1.12 bits per heavy atom. The van der Waals surface area contributed by atoms with Crippen molar-refractivity contribution in [2.45, 2.75) is 6.18 Å². The number of aryl methyl sites for hydroxylation is 1. The van der Waals surface area contributed by atoms with Gasteiger partial charge in [0.05, 0.1) is 27.3 Å². The Kier molecular flexibility index (Phi) is 5.86. The Morgan fingerprint density at radius 2 is 1.88 bits per heavy atom. The molecular weight excluding hydrogens is 459 g/mol. The van der Waals surface area contributed by atoms with Crippen LogP contribution >= 0.6 is 11.6 Å². The summed E-state index contributed by atoms with van der Waals surface area (Å²) in [6.07, 6.45) is -2.34. The second-order valence-corrected chi connectivity index (χ2v) is 7.54. The molecule has 11 heteroatoms. The average molecular weight is 476 g/mol. The first kappa shape index (κ1) is 22.4. The van der Waals surface area contributed by atoms with Gasteiger partial charge in [-0.15, -0.1) is 0 Å². The number of nitrogens with zero attached hydrogens (tertiary/aromatic N) is 4. The third-order valence-corrected chi connectivity index (χ3v) is 5.19. The van der Waals surface area contributed by atoms with Gasteiger partial charge >= 0.3 is 6.18 Å². The third kappa shape index (κ3) is 4.70. The Balaban J connectivity index is 1.62. The lowest BCUT2D eigenvalue weighted by Gasteiger charge is -2.12. The summed E-state index contributed by atoms with van der Waals surface area (Å²) >= 11 is 6.09. The fraction of sp³-hybridized carbons (Fsp3) is 0.136. The zero-order valence-electron chi connectivity index (χ0n) is 17.4. The highest BCUT2D eigenvalue weighted by Gasteiger charge is 2.31. The summed E-state index contributed by atoms with van der Waals surface area (Å²) in [5, 5.41) is 3.00. The summed E-state index contributed by atoms with van der Waals surface area (Å²) in [7, 11) is 3.30. The molecule has 1 N–H and O–H groups in total. The number of amides is 1. The van der Waals surface area contributed by atoms with Gasteiger partial charge in [-0.2, -0.15) is 13.2 Å². The number of aromatic nitrogens is 3. The predicted molar refractivity (Wildman–Crippen MR) is 119 cm³/mol. The van der Waals surface area contributed by atoms with Crippen molar-refractivity contribution in [3.05, 3.63) is 65.3 Å². The molecule has 170 valence electrons. The molecule has 0 aliphatic heterocycles. The van der Waals surface area contributed by atoms with E-state index in [0.717, 1.165) is 17.6 Å². The summed E-state index contributed by atoms with van der Waals surface area (Å²) in [6.45, 7) is 0. The number of anilines is 3. The maximum atomic E-state index is 13.1. The monoisotopic (exact) mass is 475 g/mol. The van der Waals surface area contributed by atoms with Crippen molar-refractivity contribution >= 4 is 46.5 Å². The van der Waals surface area contributed by atoms with Gasteiger partial charge in [0.25, 0.3) is 0 Å². The van der Waals surface area contributed by atoms with Crippen LogP contribution in [0.4, 0.5) is 30.6 Å². The highest BCUT2D eigenvalue weighted by molar-refractivity contribution is 6.33. The molecule has 2 heterocycles. The van der Waals surface area contributed by atoms with E-state index in [-0.39, 0.29) is 10.7 Å². The molecule has 1 amide bonds. The van der Waals surface area contributed by atoms with Gasteiger partial charge in [0.15, 0.2) is 0 Å². The maximum Gasteiger partial charge on any atom is 0.416 e. The molecule has 0 bridgehead atoms. The van der Waals surface area contributed by atoms with E-state index in [1.807, 2.05) is 0 Å². The van der Waals surface area contributed by atoms with Crippen LogP contribution in [-0.4, -0.2) is 28.0 Å². The van der Waals surface area contributed by atoms with Crippen molar-refractivity contribution in [2.75, 3.05) is 17.3 Å². The van der Waals surface area contributed by atoms with Crippen molar-refractivity contribution < 1.29 is 22.7 Å². The molecule has 2 aromatic heterocycles. The lowest BCUT2D eigenvalue weighted by molar-refractivity contribution is -0.137. The largest absolute Gasteiger partial charge is 0.457 e. The van der Waals surface area contributed by atoms with Gasteiger partial charge in [0, 0.05) is 32.4 Å². The number of nitrogens with one attached hydrogen (secondary N) is 1. The van der Waals surface area contributed by atoms with Gasteiger partial charge in [-0.1, -0.05) is 11.6 Å². The van der Waals surface area contributed by atoms with Gasteiger partial charge < -0.3 is 19.5 Å². The number of halogens is 4. The summed E-state index contributed by atoms with van der Waals surface area (Å²) in [6, 6.07) is 11.5. The molecule has 0 atom stereocenters. The molecule has 33 heavy (non-hydrogen) atoms. The maximum absolute atomic E-state index is 13.1. The number of imidazole rings is 1. The van der Waals surface area contributed by atoms with E-state index in [4.69, 9.17) is 16.3 Å². The second-order valence-electron chi connectivity index (χ2n) is 7.13. The van der Waals surface area contributed by atoms with Crippen LogP contribution in [0.5, 0.6) is 11.5 Å². The van der Waals surface area contributed by atoms with Crippen molar-refractivity contribution in [1.29, 1.82) is 0 Å². The highest BCUT2D eigenvalue weighted by Crippen LogP contribution is 2.35. The van der Waals surface area contributed by atoms with Gasteiger partial charge in [0.2, 0.25) is 12.4 Å². The van der Waals surface area contributed by atoms with Gasteiger partial charge in [-0.25, -0.2) is 9.97 Å². The fourth-order valence-corrected chi connectivity index (χ4v) is 3.28. The average Bonchev–Trinajstić information content (AvgIpc) is 3.08. The predicted octanol–water partition coefficient (Wildman–Crippen LogP) is 5.77. The fourth-order valence-electron chi connectivity index (χ4n) is 3.12. The number of rotatable bonds is 6. The molecule has 4 aromatic rings. The van der Waals surface area contributed by atoms with Gasteiger partial charge in [0.1, 0.15) is 17.3 Å². The normalized spacial score (nSPS) is 11.5. The van der Waals surface area contributed by atoms with Crippen LogP contribution in [0.25, 0.3) is 11.0 Å². The molecular formula is C22H17ClF3N5O2. The number of carbonyl (C=O) groups is 1. The molecule has 7 nitrogen and oxygen atoms in total. The molecule has 0 saturated heterocycles. The molecule has 0 saturated carbocycles. The number of benzene rings is 2. The van der Waals surface area contributed by atoms with Crippen LogP contribution in [0.1, 0.15) is 5.56 Å². The first-order valence-electron chi connectivity index (χ1n) is 9.58. The van der Waals surface area contributed by atoms with Crippen molar-refractivity contribution in [3.63, 3.8) is 0 Å². The number of ether oxygens (including phenoxy) is 1. The summed E-state index contributed by atoms with van der Waals surface area (Å²) in [4.78, 5) is 20.8. The van der Waals surface area contributed by atoms with E-state index in [1.54, 1.807) is 49.0 Å². The summed E-state index contributed by atoms with van der Waals surface area (Å²) < 4.78 is 46.8. The topological polar surface area (TPSA) is 72.3 Å². The lowest BCUT2D eigenvalue weighted by atomic mass is 10.2. The molecule has 0 aliphatic carbocycles. The third-order valence-electron chi connectivity index (χ3n) is 4.86. The smallest absolute Gasteiger partial charge is 0.416 e. The summed E-state index contributed by atoms with van der Waals surface area (Å²) in [5.74, 6) is 1.68. The second kappa shape index (κ2) is 8.62. The van der Waals surface area contributed by atoms with E-state index in [2.05, 4.69) is 15.3 Å². The quantitative estimate of drug-likeness (QED) is 0.358. The summed E-state index contributed by atoms with van der Waals surface area (Å²) in [5.41, 5.74) is 0.551. The van der Waals surface area contributed by atoms with Crippen LogP contribution in [-0.2, 0) is 18.0 Å². The van der Waals surface area contributed by atoms with E-state index in [9.17, 15) is 18.0 Å². The zero-order chi connectivity index (χ0) is 23.8. The number of alkyl halides is 3. The Morgan fingerprint density at radius 3 is 2.61 bits per heavy atom. The van der Waals surface area contributed by atoms with Crippen molar-refractivity contribution in [1.82, 2.24) is 14.5 Å². The van der Waals surface area contributed by atoms with Crippen LogP contribution in [0, 0.1) is 0 Å². The Bertz CT molecular complexity index is 1340. The lowest BCUT2D eigenvalue weighted by Crippen LogP contribution is -2.14.